The number of fused-ring (bicyclic) bond motifs is 5. The second-order valence-corrected chi connectivity index (χ2v) is 9.09. The molecular formula is C23H29IN2O5. The molecule has 31 heavy (non-hydrogen) atoms. The van der Waals surface area contributed by atoms with Gasteiger partial charge in [0.25, 0.3) is 0 Å². The Bertz CT molecular complexity index is 904. The van der Waals surface area contributed by atoms with Crippen LogP contribution in [0.5, 0.6) is 5.75 Å². The maximum atomic E-state index is 12.6. The first-order chi connectivity index (χ1) is 15.0. The molecule has 4 rings (SSSR count). The molecule has 0 aromatic heterocycles. The molecule has 7 nitrogen and oxygen atoms in total. The van der Waals surface area contributed by atoms with Crippen LogP contribution in [0.2, 0.25) is 0 Å². The topological polar surface area (TPSA) is 80.3 Å². The first kappa shape index (κ1) is 22.4. The number of piperidine rings is 2. The highest BCUT2D eigenvalue weighted by Crippen LogP contribution is 2.52. The van der Waals surface area contributed by atoms with Gasteiger partial charge in [-0.05, 0) is 35.0 Å². The van der Waals surface area contributed by atoms with Gasteiger partial charge in [-0.15, -0.1) is 0 Å². The van der Waals surface area contributed by atoms with Crippen molar-refractivity contribution in [3.8, 4) is 5.75 Å². The molecule has 3 aliphatic rings. The Morgan fingerprint density at radius 1 is 1.35 bits per heavy atom. The van der Waals surface area contributed by atoms with Crippen molar-refractivity contribution in [1.82, 2.24) is 4.90 Å². The lowest BCUT2D eigenvalue weighted by molar-refractivity contribution is -0.137. The Labute approximate surface area is 196 Å². The molecule has 2 fully saturated rings. The number of carbonyl (C=O) groups excluding carboxylic acids is 1. The third-order valence-corrected chi connectivity index (χ3v) is 7.40. The van der Waals surface area contributed by atoms with Crippen LogP contribution in [-0.4, -0.2) is 62.5 Å². The number of ether oxygens (including phenoxy) is 3. The van der Waals surface area contributed by atoms with Crippen LogP contribution < -0.4 is 10.1 Å². The van der Waals surface area contributed by atoms with Crippen molar-refractivity contribution in [1.29, 1.82) is 0 Å². The number of nitrogens with zero attached hydrogens (tertiary/aromatic N) is 1. The van der Waals surface area contributed by atoms with E-state index < -0.39 is 5.60 Å². The van der Waals surface area contributed by atoms with Crippen LogP contribution in [0.1, 0.15) is 18.4 Å². The number of anilines is 1. The van der Waals surface area contributed by atoms with E-state index in [1.165, 1.54) is 13.4 Å². The predicted octanol–water partition coefficient (Wildman–Crippen LogP) is 3.04. The standard InChI is InChI=1S/C23H29IN2O5/c1-29-13-16(22(27)31-3)15-11-18-21-23(28,8-10-26(18)12-14(15)7-9-24)20-17(25-21)5-4-6-19(20)30-2/h4-7,9,13-15,18,21,25,28H,8,10-12H2,1-3H3/b9-7+,16-13+/t14-,15+,18+,21-,23+/m1/s1. The maximum absolute atomic E-state index is 12.6. The molecular weight excluding hydrogens is 511 g/mol. The fourth-order valence-electron chi connectivity index (χ4n) is 5.62. The molecule has 0 bridgehead atoms. The summed E-state index contributed by atoms with van der Waals surface area (Å²) in [5.74, 6) is 0.409. The van der Waals surface area contributed by atoms with Gasteiger partial charge >= 0.3 is 5.97 Å². The molecule has 0 radical (unpaired) electrons. The molecule has 0 amide bonds. The van der Waals surface area contributed by atoms with Crippen LogP contribution in [0.4, 0.5) is 5.69 Å². The highest BCUT2D eigenvalue weighted by Gasteiger charge is 2.57. The molecule has 1 aromatic rings. The van der Waals surface area contributed by atoms with Crippen LogP contribution in [0.25, 0.3) is 0 Å². The van der Waals surface area contributed by atoms with E-state index in [4.69, 9.17) is 14.2 Å². The van der Waals surface area contributed by atoms with Gasteiger partial charge in [-0.3, -0.25) is 4.90 Å². The number of esters is 1. The van der Waals surface area contributed by atoms with Crippen molar-refractivity contribution in [3.05, 3.63) is 45.8 Å². The van der Waals surface area contributed by atoms with Crippen LogP contribution in [0, 0.1) is 11.8 Å². The van der Waals surface area contributed by atoms with E-state index in [1.807, 2.05) is 22.3 Å². The first-order valence-corrected chi connectivity index (χ1v) is 11.7. The summed E-state index contributed by atoms with van der Waals surface area (Å²) in [5, 5.41) is 15.4. The third-order valence-electron chi connectivity index (χ3n) is 6.98. The number of hydrogen-bond acceptors (Lipinski definition) is 7. The van der Waals surface area contributed by atoms with Gasteiger partial charge in [-0.1, -0.05) is 34.7 Å². The van der Waals surface area contributed by atoms with E-state index in [1.54, 1.807) is 14.2 Å². The summed E-state index contributed by atoms with van der Waals surface area (Å²) in [4.78, 5) is 15.0. The third kappa shape index (κ3) is 3.72. The van der Waals surface area contributed by atoms with Gasteiger partial charge in [0.15, 0.2) is 0 Å². The summed E-state index contributed by atoms with van der Waals surface area (Å²) in [6, 6.07) is 5.68. The lowest BCUT2D eigenvalue weighted by Gasteiger charge is -2.52. The molecule has 0 saturated carbocycles. The minimum absolute atomic E-state index is 0.0460. The number of benzene rings is 1. The summed E-state index contributed by atoms with van der Waals surface area (Å²) in [7, 11) is 4.57. The summed E-state index contributed by atoms with van der Waals surface area (Å²) >= 11 is 2.22. The summed E-state index contributed by atoms with van der Waals surface area (Å²) in [5.41, 5.74) is 1.27. The van der Waals surface area contributed by atoms with Crippen molar-refractivity contribution < 1.29 is 24.1 Å². The predicted molar refractivity (Wildman–Crippen MR) is 126 cm³/mol. The minimum Gasteiger partial charge on any atom is -0.504 e. The Hall–Kier alpha value is -1.78. The molecule has 2 N–H and O–H groups in total. The summed E-state index contributed by atoms with van der Waals surface area (Å²) < 4.78 is 17.9. The maximum Gasteiger partial charge on any atom is 0.337 e. The zero-order chi connectivity index (χ0) is 22.2. The Kier molecular flexibility index (Phi) is 6.50. The van der Waals surface area contributed by atoms with Gasteiger partial charge in [-0.25, -0.2) is 4.79 Å². The highest BCUT2D eigenvalue weighted by atomic mass is 127. The van der Waals surface area contributed by atoms with E-state index in [0.29, 0.717) is 24.2 Å². The number of halogens is 1. The SMILES string of the molecule is CO/C=C(/C(=O)OC)[C@H]1C[C@H]2[C@H]3Nc4cccc(OC)c4[C@@]3(O)CCN2C[C@H]1/C=C/I. The number of aliphatic hydroxyl groups is 1. The van der Waals surface area contributed by atoms with Crippen molar-refractivity contribution in [2.75, 3.05) is 39.7 Å². The fourth-order valence-corrected chi connectivity index (χ4v) is 6.15. The highest BCUT2D eigenvalue weighted by molar-refractivity contribution is 14.1. The zero-order valence-electron chi connectivity index (χ0n) is 18.0. The number of nitrogens with one attached hydrogen (secondary N) is 1. The number of carbonyl (C=O) groups is 1. The van der Waals surface area contributed by atoms with Gasteiger partial charge in [0.05, 0.1) is 44.8 Å². The molecule has 3 heterocycles. The molecule has 0 unspecified atom stereocenters. The van der Waals surface area contributed by atoms with Gasteiger partial charge < -0.3 is 24.6 Å². The van der Waals surface area contributed by atoms with E-state index in [0.717, 1.165) is 24.3 Å². The van der Waals surface area contributed by atoms with Crippen molar-refractivity contribution >= 4 is 34.2 Å². The molecule has 3 aliphatic heterocycles. The second kappa shape index (κ2) is 8.99. The van der Waals surface area contributed by atoms with E-state index >= 15 is 0 Å². The summed E-state index contributed by atoms with van der Waals surface area (Å²) in [6.07, 6.45) is 4.98. The number of rotatable bonds is 5. The smallest absolute Gasteiger partial charge is 0.337 e. The number of methoxy groups -OCH3 is 3. The molecule has 168 valence electrons. The van der Waals surface area contributed by atoms with E-state index in [2.05, 4.69) is 38.9 Å². The van der Waals surface area contributed by atoms with Gasteiger partial charge in [-0.2, -0.15) is 0 Å². The Morgan fingerprint density at radius 2 is 2.16 bits per heavy atom. The average molecular weight is 540 g/mol. The lowest BCUT2D eigenvalue weighted by atomic mass is 9.70. The molecule has 2 saturated heterocycles. The molecule has 8 heteroatoms. The average Bonchev–Trinajstić information content (AvgIpc) is 3.10. The van der Waals surface area contributed by atoms with E-state index in [9.17, 15) is 9.90 Å². The Balaban J connectivity index is 1.71. The van der Waals surface area contributed by atoms with Crippen molar-refractivity contribution in [2.24, 2.45) is 11.8 Å². The lowest BCUT2D eigenvalue weighted by Crippen LogP contribution is -2.64. The van der Waals surface area contributed by atoms with Crippen LogP contribution >= 0.6 is 22.6 Å². The van der Waals surface area contributed by atoms with Crippen LogP contribution in [0.3, 0.4) is 0 Å². The quantitative estimate of drug-likeness (QED) is 0.257. The van der Waals surface area contributed by atoms with Crippen LogP contribution in [0.15, 0.2) is 40.2 Å². The van der Waals surface area contributed by atoms with Gasteiger partial charge in [0.2, 0.25) is 0 Å². The molecule has 0 aliphatic carbocycles. The molecule has 5 atom stereocenters. The normalized spacial score (nSPS) is 32.6. The van der Waals surface area contributed by atoms with Crippen molar-refractivity contribution in [3.63, 3.8) is 0 Å². The monoisotopic (exact) mass is 540 g/mol. The largest absolute Gasteiger partial charge is 0.504 e. The minimum atomic E-state index is -1.02. The second-order valence-electron chi connectivity index (χ2n) is 8.37. The van der Waals surface area contributed by atoms with Crippen LogP contribution in [-0.2, 0) is 19.9 Å². The van der Waals surface area contributed by atoms with Gasteiger partial charge in [0, 0.05) is 30.7 Å². The molecule has 1 aromatic carbocycles. The summed E-state index contributed by atoms with van der Waals surface area (Å²) in [6.45, 7) is 1.57. The molecule has 0 spiro atoms. The zero-order valence-corrected chi connectivity index (χ0v) is 20.2. The van der Waals surface area contributed by atoms with E-state index in [-0.39, 0.29) is 29.9 Å². The fraction of sp³-hybridized carbons (Fsp3) is 0.522. The first-order valence-electron chi connectivity index (χ1n) is 10.5. The Morgan fingerprint density at radius 3 is 2.84 bits per heavy atom. The van der Waals surface area contributed by atoms with Crippen molar-refractivity contribution in [2.45, 2.75) is 30.5 Å². The number of hydrogen-bond donors (Lipinski definition) is 2. The van der Waals surface area contributed by atoms with Gasteiger partial charge in [0.1, 0.15) is 11.4 Å².